The van der Waals surface area contributed by atoms with Crippen molar-refractivity contribution in [3.8, 4) is 22.8 Å². The Balaban J connectivity index is 1.16. The van der Waals surface area contributed by atoms with Crippen molar-refractivity contribution in [1.82, 2.24) is 24.7 Å². The third kappa shape index (κ3) is 6.84. The van der Waals surface area contributed by atoms with Gasteiger partial charge in [0.2, 0.25) is 15.8 Å². The van der Waals surface area contributed by atoms with Gasteiger partial charge in [0.15, 0.2) is 0 Å². The summed E-state index contributed by atoms with van der Waals surface area (Å²) in [6.07, 6.45) is 5.83. The lowest BCUT2D eigenvalue weighted by atomic mass is 9.99. The molecule has 3 aromatic rings. The molecule has 1 N–H and O–H groups in total. The first-order valence-corrected chi connectivity index (χ1v) is 14.9. The van der Waals surface area contributed by atoms with Crippen LogP contribution in [0.5, 0.6) is 0 Å². The van der Waals surface area contributed by atoms with Crippen molar-refractivity contribution >= 4 is 10.0 Å². The first-order chi connectivity index (χ1) is 18.0. The van der Waals surface area contributed by atoms with Gasteiger partial charge in [-0.1, -0.05) is 36.3 Å². The van der Waals surface area contributed by atoms with E-state index < -0.39 is 10.0 Å². The summed E-state index contributed by atoms with van der Waals surface area (Å²) in [4.78, 5) is 9.66. The molecule has 0 unspecified atom stereocenters. The molecule has 8 nitrogen and oxygen atoms in total. The van der Waals surface area contributed by atoms with Crippen molar-refractivity contribution in [2.75, 3.05) is 39.3 Å². The predicted molar refractivity (Wildman–Crippen MR) is 144 cm³/mol. The summed E-state index contributed by atoms with van der Waals surface area (Å²) in [5.74, 6) is 1.71. The van der Waals surface area contributed by atoms with Gasteiger partial charge in [0.25, 0.3) is 5.89 Å². The summed E-state index contributed by atoms with van der Waals surface area (Å²) >= 11 is 0. The highest BCUT2D eigenvalue weighted by molar-refractivity contribution is 7.89. The summed E-state index contributed by atoms with van der Waals surface area (Å²) in [5.41, 5.74) is 2.86. The van der Waals surface area contributed by atoms with Crippen molar-refractivity contribution in [3.05, 3.63) is 54.1 Å². The number of hydrogen-bond acceptors (Lipinski definition) is 7. The van der Waals surface area contributed by atoms with Gasteiger partial charge in [-0.3, -0.25) is 4.90 Å². The fourth-order valence-electron chi connectivity index (χ4n) is 5.07. The van der Waals surface area contributed by atoms with E-state index in [0.717, 1.165) is 57.2 Å². The van der Waals surface area contributed by atoms with Crippen LogP contribution in [-0.4, -0.2) is 67.6 Å². The van der Waals surface area contributed by atoms with E-state index in [1.807, 2.05) is 12.1 Å². The monoisotopic (exact) mass is 523 g/mol. The molecular weight excluding hydrogens is 486 g/mol. The smallest absolute Gasteiger partial charge is 0.258 e. The topological polar surface area (TPSA) is 91.6 Å². The maximum Gasteiger partial charge on any atom is 0.258 e. The molecular formula is C28H37N5O3S. The number of hydrogen-bond donors (Lipinski definition) is 1. The molecule has 2 aromatic carbocycles. The lowest BCUT2D eigenvalue weighted by Gasteiger charge is -2.30. The molecule has 2 aliphatic rings. The van der Waals surface area contributed by atoms with Gasteiger partial charge in [-0.15, -0.1) is 0 Å². The van der Waals surface area contributed by atoms with Gasteiger partial charge in [0.1, 0.15) is 0 Å². The molecule has 0 radical (unpaired) electrons. The predicted octanol–water partition coefficient (Wildman–Crippen LogP) is 4.40. The van der Waals surface area contributed by atoms with E-state index in [4.69, 9.17) is 4.52 Å². The number of rotatable bonds is 10. The number of nitrogens with zero attached hydrogens (tertiary/aromatic N) is 4. The Morgan fingerprint density at radius 2 is 1.59 bits per heavy atom. The lowest BCUT2D eigenvalue weighted by molar-refractivity contribution is 0.185. The third-order valence-corrected chi connectivity index (χ3v) is 8.95. The standard InChI is InChI=1S/C28H37N5O3S/c1-22-13-19-33(20-14-22)21-23-5-7-24(8-6-23)27-30-28(36-31-27)25-9-11-26(12-10-25)37(34,35)29-15-4-18-32-16-2-3-17-32/h5-12,22,29H,2-4,13-21H2,1H3. The lowest BCUT2D eigenvalue weighted by Crippen LogP contribution is -2.32. The Morgan fingerprint density at radius 1 is 0.919 bits per heavy atom. The Bertz CT molecular complexity index is 1240. The van der Waals surface area contributed by atoms with Crippen LogP contribution in [0.15, 0.2) is 57.9 Å². The average Bonchev–Trinajstić information content (AvgIpc) is 3.62. The number of likely N-dealkylation sites (tertiary alicyclic amines) is 2. The van der Waals surface area contributed by atoms with E-state index in [2.05, 4.69) is 43.7 Å². The molecule has 3 heterocycles. The van der Waals surface area contributed by atoms with E-state index in [1.54, 1.807) is 24.3 Å². The van der Waals surface area contributed by atoms with Crippen LogP contribution >= 0.6 is 0 Å². The second-order valence-corrected chi connectivity index (χ2v) is 12.2. The van der Waals surface area contributed by atoms with Crippen molar-refractivity contribution in [2.45, 2.75) is 50.5 Å². The summed E-state index contributed by atoms with van der Waals surface area (Å²) < 4.78 is 33.5. The van der Waals surface area contributed by atoms with Crippen LogP contribution in [0.3, 0.4) is 0 Å². The highest BCUT2D eigenvalue weighted by atomic mass is 32.2. The normalized spacial score (nSPS) is 18.0. The number of aromatic nitrogens is 2. The molecule has 0 aliphatic carbocycles. The van der Waals surface area contributed by atoms with E-state index in [1.165, 1.54) is 31.2 Å². The molecule has 2 saturated heterocycles. The molecule has 37 heavy (non-hydrogen) atoms. The minimum absolute atomic E-state index is 0.232. The van der Waals surface area contributed by atoms with Gasteiger partial charge in [-0.05, 0) is 101 Å². The highest BCUT2D eigenvalue weighted by Crippen LogP contribution is 2.25. The Hall–Kier alpha value is -2.59. The number of benzene rings is 2. The van der Waals surface area contributed by atoms with Crippen LogP contribution in [0.2, 0.25) is 0 Å². The van der Waals surface area contributed by atoms with E-state index in [-0.39, 0.29) is 4.90 Å². The molecule has 198 valence electrons. The molecule has 0 atom stereocenters. The molecule has 2 fully saturated rings. The van der Waals surface area contributed by atoms with Gasteiger partial charge < -0.3 is 9.42 Å². The third-order valence-electron chi connectivity index (χ3n) is 7.47. The van der Waals surface area contributed by atoms with Crippen molar-refractivity contribution < 1.29 is 12.9 Å². The maximum atomic E-state index is 12.7. The van der Waals surface area contributed by atoms with Crippen molar-refractivity contribution in [3.63, 3.8) is 0 Å². The van der Waals surface area contributed by atoms with Crippen molar-refractivity contribution in [2.24, 2.45) is 5.92 Å². The zero-order chi connectivity index (χ0) is 25.7. The van der Waals surface area contributed by atoms with Crippen LogP contribution < -0.4 is 4.72 Å². The number of nitrogens with one attached hydrogen (secondary N) is 1. The molecule has 5 rings (SSSR count). The second-order valence-electron chi connectivity index (χ2n) is 10.4. The van der Waals surface area contributed by atoms with Crippen LogP contribution in [0.4, 0.5) is 0 Å². The highest BCUT2D eigenvalue weighted by Gasteiger charge is 2.18. The van der Waals surface area contributed by atoms with Gasteiger partial charge in [0, 0.05) is 24.2 Å². The average molecular weight is 524 g/mol. The van der Waals surface area contributed by atoms with E-state index in [0.29, 0.717) is 23.8 Å². The summed E-state index contributed by atoms with van der Waals surface area (Å²) in [6.45, 7) is 9.22. The van der Waals surface area contributed by atoms with Crippen LogP contribution in [0.25, 0.3) is 22.8 Å². The summed E-state index contributed by atoms with van der Waals surface area (Å²) in [5, 5.41) is 4.14. The van der Waals surface area contributed by atoms with Crippen LogP contribution in [0, 0.1) is 5.92 Å². The van der Waals surface area contributed by atoms with E-state index >= 15 is 0 Å². The Kier molecular flexibility index (Phi) is 8.34. The first-order valence-electron chi connectivity index (χ1n) is 13.4. The molecule has 0 amide bonds. The van der Waals surface area contributed by atoms with Crippen LogP contribution in [0.1, 0.15) is 44.6 Å². The molecule has 2 aliphatic heterocycles. The van der Waals surface area contributed by atoms with Gasteiger partial charge in [-0.25, -0.2) is 13.1 Å². The zero-order valence-corrected chi connectivity index (χ0v) is 22.4. The molecule has 0 saturated carbocycles. The SMILES string of the molecule is CC1CCN(Cc2ccc(-c3noc(-c4ccc(S(=O)(=O)NCCCN5CCCC5)cc4)n3)cc2)CC1. The minimum Gasteiger partial charge on any atom is -0.334 e. The zero-order valence-electron chi connectivity index (χ0n) is 21.6. The summed E-state index contributed by atoms with van der Waals surface area (Å²) in [6, 6.07) is 14.9. The van der Waals surface area contributed by atoms with E-state index in [9.17, 15) is 8.42 Å². The number of piperidine rings is 1. The summed E-state index contributed by atoms with van der Waals surface area (Å²) in [7, 11) is -3.55. The minimum atomic E-state index is -3.55. The molecule has 0 bridgehead atoms. The fraction of sp³-hybridized carbons (Fsp3) is 0.500. The Morgan fingerprint density at radius 3 is 2.30 bits per heavy atom. The molecule has 9 heteroatoms. The first kappa shape index (κ1) is 26.0. The van der Waals surface area contributed by atoms with Crippen LogP contribution in [-0.2, 0) is 16.6 Å². The largest absolute Gasteiger partial charge is 0.334 e. The van der Waals surface area contributed by atoms with Gasteiger partial charge >= 0.3 is 0 Å². The second kappa shape index (κ2) is 11.9. The number of sulfonamides is 1. The molecule has 0 spiro atoms. The van der Waals surface area contributed by atoms with Gasteiger partial charge in [0.05, 0.1) is 4.90 Å². The fourth-order valence-corrected chi connectivity index (χ4v) is 6.15. The Labute approximate surface area is 220 Å². The quantitative estimate of drug-likeness (QED) is 0.394. The van der Waals surface area contributed by atoms with Crippen molar-refractivity contribution in [1.29, 1.82) is 0 Å². The maximum absolute atomic E-state index is 12.7. The van der Waals surface area contributed by atoms with Gasteiger partial charge in [-0.2, -0.15) is 4.98 Å². The molecule has 1 aromatic heterocycles.